The Labute approximate surface area is 187 Å². The molecule has 4 heteroatoms. The molecule has 0 aliphatic carbocycles. The molecular formula is C27H19ClO2S. The van der Waals surface area contributed by atoms with E-state index in [4.69, 9.17) is 11.6 Å². The van der Waals surface area contributed by atoms with Crippen molar-refractivity contribution in [3.8, 4) is 0 Å². The molecule has 0 bridgehead atoms. The van der Waals surface area contributed by atoms with Gasteiger partial charge < -0.3 is 0 Å². The highest BCUT2D eigenvalue weighted by atomic mass is 35.5. The SMILES string of the molecule is O=S(=O)(C(=C=C(c1ccccc1)c1ccccc1)c1ccc(Cl)cc1)c1ccccc1. The van der Waals surface area contributed by atoms with E-state index >= 15 is 0 Å². The predicted octanol–water partition coefficient (Wildman–Crippen LogP) is 6.89. The Morgan fingerprint density at radius 3 is 1.52 bits per heavy atom. The van der Waals surface area contributed by atoms with Crippen molar-refractivity contribution in [3.63, 3.8) is 0 Å². The van der Waals surface area contributed by atoms with Crippen LogP contribution in [0.5, 0.6) is 0 Å². The Balaban J connectivity index is 2.09. The molecule has 0 amide bonds. The van der Waals surface area contributed by atoms with Gasteiger partial charge in [0.15, 0.2) is 0 Å². The van der Waals surface area contributed by atoms with Crippen molar-refractivity contribution >= 4 is 31.9 Å². The smallest absolute Gasteiger partial charge is 0.214 e. The summed E-state index contributed by atoms with van der Waals surface area (Å²) in [6.45, 7) is 0. The van der Waals surface area contributed by atoms with Gasteiger partial charge >= 0.3 is 0 Å². The van der Waals surface area contributed by atoms with Crippen LogP contribution in [0.1, 0.15) is 16.7 Å². The van der Waals surface area contributed by atoms with E-state index < -0.39 is 9.84 Å². The van der Waals surface area contributed by atoms with Crippen LogP contribution in [-0.2, 0) is 9.84 Å². The summed E-state index contributed by atoms with van der Waals surface area (Å²) in [5, 5.41) is 0.538. The van der Waals surface area contributed by atoms with Crippen molar-refractivity contribution < 1.29 is 8.42 Å². The minimum Gasteiger partial charge on any atom is -0.218 e. The molecule has 2 nitrogen and oxygen atoms in total. The van der Waals surface area contributed by atoms with Gasteiger partial charge in [0.2, 0.25) is 9.84 Å². The molecule has 0 aliphatic rings. The first-order valence-corrected chi connectivity index (χ1v) is 11.6. The number of rotatable bonds is 5. The molecule has 4 rings (SSSR count). The van der Waals surface area contributed by atoms with Crippen LogP contribution >= 0.6 is 11.6 Å². The van der Waals surface area contributed by atoms with Crippen LogP contribution in [0.2, 0.25) is 5.02 Å². The zero-order chi connectivity index (χ0) is 21.7. The molecule has 0 saturated carbocycles. The van der Waals surface area contributed by atoms with Crippen molar-refractivity contribution in [2.45, 2.75) is 4.90 Å². The highest BCUT2D eigenvalue weighted by Gasteiger charge is 2.23. The van der Waals surface area contributed by atoms with Gasteiger partial charge in [-0.2, -0.15) is 0 Å². The van der Waals surface area contributed by atoms with Gasteiger partial charge in [0.25, 0.3) is 0 Å². The fourth-order valence-corrected chi connectivity index (χ4v) is 4.81. The molecule has 0 unspecified atom stereocenters. The van der Waals surface area contributed by atoms with Crippen LogP contribution in [0, 0.1) is 0 Å². The van der Waals surface area contributed by atoms with Crippen LogP contribution < -0.4 is 0 Å². The Morgan fingerprint density at radius 2 is 1.03 bits per heavy atom. The van der Waals surface area contributed by atoms with E-state index in [1.807, 2.05) is 60.7 Å². The van der Waals surface area contributed by atoms with Crippen molar-refractivity contribution in [2.75, 3.05) is 0 Å². The lowest BCUT2D eigenvalue weighted by Crippen LogP contribution is -2.04. The van der Waals surface area contributed by atoms with E-state index in [0.29, 0.717) is 16.2 Å². The van der Waals surface area contributed by atoms with Gasteiger partial charge in [-0.05, 0) is 35.4 Å². The molecule has 0 atom stereocenters. The first kappa shape index (κ1) is 20.9. The van der Waals surface area contributed by atoms with Gasteiger partial charge in [-0.3, -0.25) is 0 Å². The largest absolute Gasteiger partial charge is 0.218 e. The topological polar surface area (TPSA) is 34.1 Å². The first-order valence-electron chi connectivity index (χ1n) is 9.73. The Kier molecular flexibility index (Phi) is 6.20. The highest BCUT2D eigenvalue weighted by Crippen LogP contribution is 2.31. The second kappa shape index (κ2) is 9.20. The zero-order valence-corrected chi connectivity index (χ0v) is 18.1. The normalized spacial score (nSPS) is 10.9. The van der Waals surface area contributed by atoms with E-state index in [1.165, 1.54) is 0 Å². The van der Waals surface area contributed by atoms with E-state index in [0.717, 1.165) is 11.1 Å². The number of benzene rings is 4. The van der Waals surface area contributed by atoms with Crippen LogP contribution in [0.15, 0.2) is 126 Å². The second-order valence-corrected chi connectivity index (χ2v) is 9.21. The number of sulfone groups is 1. The minimum atomic E-state index is -3.84. The third-order valence-electron chi connectivity index (χ3n) is 4.79. The fourth-order valence-electron chi connectivity index (χ4n) is 3.25. The third kappa shape index (κ3) is 4.70. The lowest BCUT2D eigenvalue weighted by Gasteiger charge is -2.11. The second-order valence-electron chi connectivity index (χ2n) is 6.88. The molecule has 0 N–H and O–H groups in total. The summed E-state index contributed by atoms with van der Waals surface area (Å²) in [5.74, 6) is 0. The zero-order valence-electron chi connectivity index (χ0n) is 16.6. The standard InChI is InChI=1S/C27H19ClO2S/c28-24-18-16-23(17-19-24)27(31(29,30)25-14-8-3-9-15-25)20-26(21-10-4-1-5-11-21)22-12-6-2-7-13-22/h1-19H. The van der Waals surface area contributed by atoms with E-state index in [-0.39, 0.29) is 9.80 Å². The van der Waals surface area contributed by atoms with Crippen molar-refractivity contribution in [3.05, 3.63) is 143 Å². The summed E-state index contributed by atoms with van der Waals surface area (Å²) in [6, 6.07) is 34.5. The first-order chi connectivity index (χ1) is 15.1. The summed E-state index contributed by atoms with van der Waals surface area (Å²) < 4.78 is 27.3. The van der Waals surface area contributed by atoms with Crippen molar-refractivity contribution in [2.24, 2.45) is 0 Å². The number of halogens is 1. The van der Waals surface area contributed by atoms with Crippen LogP contribution in [-0.4, -0.2) is 8.42 Å². The molecule has 0 spiro atoms. The van der Waals surface area contributed by atoms with E-state index in [2.05, 4.69) is 5.73 Å². The van der Waals surface area contributed by atoms with Gasteiger partial charge in [0.05, 0.1) is 4.90 Å². The maximum absolute atomic E-state index is 13.7. The van der Waals surface area contributed by atoms with Crippen LogP contribution in [0.4, 0.5) is 0 Å². The Hall–Kier alpha value is -3.36. The molecule has 4 aromatic carbocycles. The van der Waals surface area contributed by atoms with Crippen LogP contribution in [0.3, 0.4) is 0 Å². The van der Waals surface area contributed by atoms with Crippen molar-refractivity contribution in [1.82, 2.24) is 0 Å². The molecule has 152 valence electrons. The molecule has 0 aliphatic heterocycles. The molecule has 4 aromatic rings. The summed E-state index contributed by atoms with van der Waals surface area (Å²) in [6.07, 6.45) is 0. The Bertz CT molecular complexity index is 1300. The Morgan fingerprint density at radius 1 is 0.581 bits per heavy atom. The van der Waals surface area contributed by atoms with Crippen LogP contribution in [0.25, 0.3) is 10.5 Å². The van der Waals surface area contributed by atoms with Gasteiger partial charge in [-0.1, -0.05) is 108 Å². The molecule has 0 heterocycles. The van der Waals surface area contributed by atoms with E-state index in [1.54, 1.807) is 54.6 Å². The summed E-state index contributed by atoms with van der Waals surface area (Å²) in [4.78, 5) is 0.311. The minimum absolute atomic E-state index is 0.0954. The maximum atomic E-state index is 13.7. The average molecular weight is 443 g/mol. The third-order valence-corrected chi connectivity index (χ3v) is 6.81. The number of hydrogen-bond acceptors (Lipinski definition) is 2. The lowest BCUT2D eigenvalue weighted by molar-refractivity contribution is 0.606. The quantitative estimate of drug-likeness (QED) is 0.315. The van der Waals surface area contributed by atoms with Crippen molar-refractivity contribution in [1.29, 1.82) is 0 Å². The maximum Gasteiger partial charge on any atom is 0.214 e. The summed E-state index contributed by atoms with van der Waals surface area (Å²) in [7, 11) is -3.84. The van der Waals surface area contributed by atoms with Gasteiger partial charge in [-0.25, -0.2) is 8.42 Å². The molecule has 0 radical (unpaired) electrons. The van der Waals surface area contributed by atoms with Gasteiger partial charge in [-0.15, -0.1) is 0 Å². The molecule has 0 saturated heterocycles. The lowest BCUT2D eigenvalue weighted by atomic mass is 9.98. The molecule has 0 fully saturated rings. The van der Waals surface area contributed by atoms with Gasteiger partial charge in [0, 0.05) is 16.2 Å². The van der Waals surface area contributed by atoms with Gasteiger partial charge in [0.1, 0.15) is 4.91 Å². The monoisotopic (exact) mass is 442 g/mol. The summed E-state index contributed by atoms with van der Waals surface area (Å²) >= 11 is 6.06. The fraction of sp³-hybridized carbons (Fsp3) is 0. The molecule has 31 heavy (non-hydrogen) atoms. The number of hydrogen-bond donors (Lipinski definition) is 0. The van der Waals surface area contributed by atoms with E-state index in [9.17, 15) is 8.42 Å². The highest BCUT2D eigenvalue weighted by molar-refractivity contribution is 8.00. The summed E-state index contributed by atoms with van der Waals surface area (Å²) in [5.41, 5.74) is 6.25. The molecule has 0 aromatic heterocycles. The predicted molar refractivity (Wildman–Crippen MR) is 127 cm³/mol. The average Bonchev–Trinajstić information content (AvgIpc) is 2.82. The molecular weight excluding hydrogens is 424 g/mol.